The van der Waals surface area contributed by atoms with Gasteiger partial charge in [0.05, 0.1) is 0 Å². The average Bonchev–Trinajstić information content (AvgIpc) is 2.36. The molecule has 1 unspecified atom stereocenters. The molecule has 0 saturated carbocycles. The van der Waals surface area contributed by atoms with Gasteiger partial charge in [0, 0.05) is 18.2 Å². The molecule has 1 aliphatic rings. The molecule has 0 fully saturated rings. The Hall–Kier alpha value is -1.35. The summed E-state index contributed by atoms with van der Waals surface area (Å²) in [5.41, 5.74) is 9.21. The van der Waals surface area contributed by atoms with E-state index < -0.39 is 0 Å². The van der Waals surface area contributed by atoms with E-state index in [-0.39, 0.29) is 11.9 Å². The SMILES string of the molecule is CC(C)CCC(N)c1ccc2c(c1)C(=O)NCC2. The lowest BCUT2D eigenvalue weighted by atomic mass is 9.93. The van der Waals surface area contributed by atoms with E-state index in [1.54, 1.807) is 0 Å². The van der Waals surface area contributed by atoms with Crippen molar-refractivity contribution in [3.05, 3.63) is 34.9 Å². The van der Waals surface area contributed by atoms with Gasteiger partial charge in [-0.05, 0) is 42.4 Å². The first-order valence-electron chi connectivity index (χ1n) is 6.74. The Kier molecular flexibility index (Phi) is 4.02. The van der Waals surface area contributed by atoms with E-state index >= 15 is 0 Å². The summed E-state index contributed by atoms with van der Waals surface area (Å²) in [5.74, 6) is 0.700. The molecule has 1 aliphatic heterocycles. The van der Waals surface area contributed by atoms with Crippen LogP contribution in [-0.2, 0) is 6.42 Å². The lowest BCUT2D eigenvalue weighted by molar-refractivity contribution is 0.0946. The van der Waals surface area contributed by atoms with Gasteiger partial charge in [-0.25, -0.2) is 0 Å². The number of rotatable bonds is 4. The first kappa shape index (κ1) is 13.1. The molecule has 0 bridgehead atoms. The minimum absolute atomic E-state index is 0.0347. The number of benzene rings is 1. The summed E-state index contributed by atoms with van der Waals surface area (Å²) >= 11 is 0. The number of amides is 1. The van der Waals surface area contributed by atoms with E-state index in [0.29, 0.717) is 5.92 Å². The van der Waals surface area contributed by atoms with Crippen LogP contribution >= 0.6 is 0 Å². The summed E-state index contributed by atoms with van der Waals surface area (Å²) < 4.78 is 0. The van der Waals surface area contributed by atoms with Crippen molar-refractivity contribution in [3.8, 4) is 0 Å². The highest BCUT2D eigenvalue weighted by molar-refractivity contribution is 5.96. The monoisotopic (exact) mass is 246 g/mol. The molecule has 0 aromatic heterocycles. The molecule has 1 aromatic rings. The van der Waals surface area contributed by atoms with E-state index in [9.17, 15) is 4.79 Å². The normalized spacial score (nSPS) is 16.3. The Balaban J connectivity index is 2.14. The van der Waals surface area contributed by atoms with E-state index in [2.05, 4.69) is 31.3 Å². The summed E-state index contributed by atoms with van der Waals surface area (Å²) in [5, 5.41) is 2.87. The van der Waals surface area contributed by atoms with Crippen LogP contribution in [0.1, 0.15) is 54.2 Å². The molecule has 1 heterocycles. The lowest BCUT2D eigenvalue weighted by Crippen LogP contribution is -2.32. The predicted molar refractivity (Wildman–Crippen MR) is 73.5 cm³/mol. The third-order valence-electron chi connectivity index (χ3n) is 3.54. The fraction of sp³-hybridized carbons (Fsp3) is 0.533. The number of nitrogens with one attached hydrogen (secondary N) is 1. The number of hydrogen-bond donors (Lipinski definition) is 2. The molecule has 3 N–H and O–H groups in total. The van der Waals surface area contributed by atoms with Crippen molar-refractivity contribution >= 4 is 5.91 Å². The molecule has 18 heavy (non-hydrogen) atoms. The van der Waals surface area contributed by atoms with Gasteiger partial charge in [-0.3, -0.25) is 4.79 Å². The van der Waals surface area contributed by atoms with Crippen LogP contribution < -0.4 is 11.1 Å². The summed E-state index contributed by atoms with van der Waals surface area (Å²) in [6.45, 7) is 5.14. The Morgan fingerprint density at radius 2 is 2.11 bits per heavy atom. The molecule has 0 aliphatic carbocycles. The second kappa shape index (κ2) is 5.53. The zero-order valence-electron chi connectivity index (χ0n) is 11.2. The summed E-state index contributed by atoms with van der Waals surface area (Å²) in [4.78, 5) is 11.8. The number of carbonyl (C=O) groups excluding carboxylic acids is 1. The molecule has 2 rings (SSSR count). The molecule has 1 aromatic carbocycles. The number of nitrogens with two attached hydrogens (primary N) is 1. The average molecular weight is 246 g/mol. The molecule has 0 radical (unpaired) electrons. The van der Waals surface area contributed by atoms with Crippen LogP contribution in [0.4, 0.5) is 0 Å². The van der Waals surface area contributed by atoms with Gasteiger partial charge in [-0.15, -0.1) is 0 Å². The fourth-order valence-electron chi connectivity index (χ4n) is 2.34. The number of carbonyl (C=O) groups is 1. The van der Waals surface area contributed by atoms with Crippen LogP contribution in [0, 0.1) is 5.92 Å². The van der Waals surface area contributed by atoms with Gasteiger partial charge in [0.2, 0.25) is 0 Å². The van der Waals surface area contributed by atoms with Crippen LogP contribution in [0.3, 0.4) is 0 Å². The predicted octanol–water partition coefficient (Wildman–Crippen LogP) is 2.41. The van der Waals surface area contributed by atoms with Gasteiger partial charge in [-0.1, -0.05) is 26.0 Å². The van der Waals surface area contributed by atoms with Crippen molar-refractivity contribution in [2.75, 3.05) is 6.54 Å². The van der Waals surface area contributed by atoms with Gasteiger partial charge in [0.25, 0.3) is 5.91 Å². The highest BCUT2D eigenvalue weighted by Crippen LogP contribution is 2.23. The molecule has 0 spiro atoms. The van der Waals surface area contributed by atoms with Crippen LogP contribution in [0.15, 0.2) is 18.2 Å². The number of hydrogen-bond acceptors (Lipinski definition) is 2. The minimum atomic E-state index is 0.0347. The van der Waals surface area contributed by atoms with Crippen LogP contribution in [-0.4, -0.2) is 12.5 Å². The first-order chi connectivity index (χ1) is 8.58. The summed E-state index contributed by atoms with van der Waals surface area (Å²) in [7, 11) is 0. The quantitative estimate of drug-likeness (QED) is 0.857. The number of fused-ring (bicyclic) bond motifs is 1. The second-order valence-corrected chi connectivity index (χ2v) is 5.50. The largest absolute Gasteiger partial charge is 0.352 e. The van der Waals surface area contributed by atoms with Crippen molar-refractivity contribution in [1.29, 1.82) is 0 Å². The van der Waals surface area contributed by atoms with Crippen molar-refractivity contribution < 1.29 is 4.79 Å². The zero-order valence-corrected chi connectivity index (χ0v) is 11.2. The molecule has 98 valence electrons. The Bertz CT molecular complexity index is 440. The smallest absolute Gasteiger partial charge is 0.251 e. The Labute approximate surface area is 109 Å². The molecule has 0 saturated heterocycles. The molecule has 3 heteroatoms. The summed E-state index contributed by atoms with van der Waals surface area (Å²) in [6, 6.07) is 6.13. The maximum absolute atomic E-state index is 11.8. The molecule has 1 atom stereocenters. The third kappa shape index (κ3) is 2.91. The van der Waals surface area contributed by atoms with Gasteiger partial charge >= 0.3 is 0 Å². The maximum Gasteiger partial charge on any atom is 0.251 e. The van der Waals surface area contributed by atoms with Crippen molar-refractivity contribution in [1.82, 2.24) is 5.32 Å². The van der Waals surface area contributed by atoms with Gasteiger partial charge < -0.3 is 11.1 Å². The van der Waals surface area contributed by atoms with E-state index in [1.165, 1.54) is 0 Å². The molecular formula is C15H22N2O. The van der Waals surface area contributed by atoms with Crippen molar-refractivity contribution in [2.45, 2.75) is 39.2 Å². The second-order valence-electron chi connectivity index (χ2n) is 5.50. The van der Waals surface area contributed by atoms with Crippen molar-refractivity contribution in [3.63, 3.8) is 0 Å². The maximum atomic E-state index is 11.8. The van der Waals surface area contributed by atoms with Crippen LogP contribution in [0.2, 0.25) is 0 Å². The highest BCUT2D eigenvalue weighted by atomic mass is 16.1. The summed E-state index contributed by atoms with van der Waals surface area (Å²) in [6.07, 6.45) is 3.01. The van der Waals surface area contributed by atoms with Gasteiger partial charge in [-0.2, -0.15) is 0 Å². The molecular weight excluding hydrogens is 224 g/mol. The van der Waals surface area contributed by atoms with Crippen LogP contribution in [0.25, 0.3) is 0 Å². The van der Waals surface area contributed by atoms with Gasteiger partial charge in [0.1, 0.15) is 0 Å². The van der Waals surface area contributed by atoms with E-state index in [4.69, 9.17) is 5.73 Å². The Morgan fingerprint density at radius 3 is 2.83 bits per heavy atom. The molecule has 1 amide bonds. The van der Waals surface area contributed by atoms with Gasteiger partial charge in [0.15, 0.2) is 0 Å². The third-order valence-corrected chi connectivity index (χ3v) is 3.54. The van der Waals surface area contributed by atoms with Crippen LogP contribution in [0.5, 0.6) is 0 Å². The highest BCUT2D eigenvalue weighted by Gasteiger charge is 2.18. The fourth-order valence-corrected chi connectivity index (χ4v) is 2.34. The lowest BCUT2D eigenvalue weighted by Gasteiger charge is -2.19. The minimum Gasteiger partial charge on any atom is -0.352 e. The van der Waals surface area contributed by atoms with Crippen molar-refractivity contribution in [2.24, 2.45) is 11.7 Å². The molecule has 3 nitrogen and oxygen atoms in total. The standard InChI is InChI=1S/C15H22N2O/c1-10(2)3-6-14(16)12-5-4-11-7-8-17-15(18)13(11)9-12/h4-5,9-10,14H,3,6-8,16H2,1-2H3,(H,17,18). The Morgan fingerprint density at radius 1 is 1.33 bits per heavy atom. The topological polar surface area (TPSA) is 55.1 Å². The zero-order chi connectivity index (χ0) is 13.1. The van der Waals surface area contributed by atoms with E-state index in [0.717, 1.165) is 42.5 Å². The van der Waals surface area contributed by atoms with E-state index in [1.807, 2.05) is 6.07 Å². The first-order valence-corrected chi connectivity index (χ1v) is 6.74.